The molecule has 7 rings (SSSR count). The first-order valence-electron chi connectivity index (χ1n) is 17.0. The molecule has 47 heavy (non-hydrogen) atoms. The largest absolute Gasteiger partial charge is 0.489 e. The van der Waals surface area contributed by atoms with Crippen LogP contribution in [-0.2, 0) is 27.4 Å². The number of fused-ring (bicyclic) bond motifs is 3. The second-order valence-electron chi connectivity index (χ2n) is 13.8. The van der Waals surface area contributed by atoms with Crippen LogP contribution in [0.3, 0.4) is 0 Å². The summed E-state index contributed by atoms with van der Waals surface area (Å²) in [4.78, 5) is 31.2. The summed E-state index contributed by atoms with van der Waals surface area (Å²) in [5.74, 6) is 0.532. The Bertz CT molecular complexity index is 1810. The first-order chi connectivity index (χ1) is 22.7. The van der Waals surface area contributed by atoms with Crippen molar-refractivity contribution in [3.05, 3.63) is 68.4 Å². The maximum atomic E-state index is 13.5. The Morgan fingerprint density at radius 2 is 1.91 bits per heavy atom. The Morgan fingerprint density at radius 1 is 1.11 bits per heavy atom. The highest BCUT2D eigenvalue weighted by Crippen LogP contribution is 2.55. The molecule has 0 bridgehead atoms. The highest BCUT2D eigenvalue weighted by atomic mass is 16.6. The number of nitrogens with zero attached hydrogens (tertiary/aromatic N) is 1. The lowest BCUT2D eigenvalue weighted by Gasteiger charge is -2.32. The van der Waals surface area contributed by atoms with Gasteiger partial charge in [0.2, 0.25) is 5.76 Å². The fourth-order valence-electron chi connectivity index (χ4n) is 7.59. The molecule has 2 saturated carbocycles. The van der Waals surface area contributed by atoms with Crippen molar-refractivity contribution in [1.82, 2.24) is 0 Å². The number of benzene rings is 2. The molecule has 2 aromatic carbocycles. The van der Waals surface area contributed by atoms with Crippen LogP contribution in [0.2, 0.25) is 0 Å². The molecule has 0 amide bonds. The van der Waals surface area contributed by atoms with Gasteiger partial charge in [-0.1, -0.05) is 24.1 Å². The van der Waals surface area contributed by atoms with Gasteiger partial charge in [0, 0.05) is 24.3 Å². The standard InChI is InChI=1S/C38H43NO8/c1-4-44-37(42)31-18-26(22-11-13-30(41)25(17-22)21-10-12-29-23(16-21)14-15-39-29)33-35(45-24-8-6-5-7-9-24)27-19-32(38(2,3)43)47-34(27)28(20-40)36(33)46-31/h10,12,14,16,18,24-25,32,40,43H,4-9,11,13,15,17,19-20H2,1-3H3. The highest BCUT2D eigenvalue weighted by molar-refractivity contribution is 5.98. The zero-order valence-electron chi connectivity index (χ0n) is 27.4. The molecule has 2 atom stereocenters. The molecule has 2 N–H and O–H groups in total. The summed E-state index contributed by atoms with van der Waals surface area (Å²) in [6.45, 7) is 5.55. The van der Waals surface area contributed by atoms with Gasteiger partial charge in [0.25, 0.3) is 0 Å². The van der Waals surface area contributed by atoms with Gasteiger partial charge in [-0.25, -0.2) is 4.79 Å². The number of hydrogen-bond donors (Lipinski definition) is 2. The molecule has 2 aromatic rings. The van der Waals surface area contributed by atoms with Crippen LogP contribution in [0.5, 0.6) is 17.2 Å². The highest BCUT2D eigenvalue weighted by Gasteiger charge is 2.43. The third-order valence-corrected chi connectivity index (χ3v) is 10.1. The van der Waals surface area contributed by atoms with Gasteiger partial charge in [-0.2, -0.15) is 0 Å². The second kappa shape index (κ2) is 12.6. The van der Waals surface area contributed by atoms with Crippen molar-refractivity contribution in [2.75, 3.05) is 13.2 Å². The van der Waals surface area contributed by atoms with Gasteiger partial charge < -0.3 is 29.2 Å². The van der Waals surface area contributed by atoms with E-state index in [1.165, 1.54) is 0 Å². The second-order valence-corrected chi connectivity index (χ2v) is 13.8. The number of hydrogen-bond acceptors (Lipinski definition) is 9. The summed E-state index contributed by atoms with van der Waals surface area (Å²) in [6, 6.07) is 6.05. The van der Waals surface area contributed by atoms with Crippen LogP contribution in [0.4, 0.5) is 0 Å². The van der Waals surface area contributed by atoms with E-state index in [0.717, 1.165) is 65.0 Å². The van der Waals surface area contributed by atoms with Crippen LogP contribution < -0.4 is 24.8 Å². The quantitative estimate of drug-likeness (QED) is 0.424. The minimum absolute atomic E-state index is 0.000608. The lowest BCUT2D eigenvalue weighted by molar-refractivity contribution is -0.141. The lowest BCUT2D eigenvalue weighted by atomic mass is 9.76. The summed E-state index contributed by atoms with van der Waals surface area (Å²) in [5.41, 5.74) is 3.38. The van der Waals surface area contributed by atoms with Gasteiger partial charge in [-0.3, -0.25) is 9.79 Å². The molecule has 9 heteroatoms. The third kappa shape index (κ3) is 5.89. The zero-order valence-corrected chi connectivity index (χ0v) is 27.4. The fraction of sp³-hybridized carbons (Fsp3) is 0.500. The van der Waals surface area contributed by atoms with Crippen LogP contribution in [-0.4, -0.2) is 52.9 Å². The van der Waals surface area contributed by atoms with Gasteiger partial charge in [0.15, 0.2) is 0 Å². The first-order valence-corrected chi connectivity index (χ1v) is 17.0. The van der Waals surface area contributed by atoms with Crippen LogP contribution in [0, 0.1) is 0 Å². The van der Waals surface area contributed by atoms with E-state index in [1.54, 1.807) is 26.8 Å². The van der Waals surface area contributed by atoms with Crippen LogP contribution in [0.1, 0.15) is 100 Å². The molecule has 2 unspecified atom stereocenters. The van der Waals surface area contributed by atoms with E-state index >= 15 is 0 Å². The number of aliphatic hydroxyl groups excluding tert-OH is 1. The van der Waals surface area contributed by atoms with Crippen molar-refractivity contribution in [3.63, 3.8) is 0 Å². The molecule has 0 radical (unpaired) electrons. The lowest BCUT2D eigenvalue weighted by Crippen LogP contribution is -2.39. The average molecular weight is 642 g/mol. The number of ether oxygens (including phenoxy) is 4. The van der Waals surface area contributed by atoms with E-state index in [4.69, 9.17) is 18.9 Å². The van der Waals surface area contributed by atoms with Crippen LogP contribution >= 0.6 is 0 Å². The minimum Gasteiger partial charge on any atom is -0.489 e. The number of esters is 1. The fourth-order valence-corrected chi connectivity index (χ4v) is 7.59. The van der Waals surface area contributed by atoms with E-state index in [-0.39, 0.29) is 30.2 Å². The Balaban J connectivity index is 1.43. The number of carbonyl (C=O) groups is 2. The summed E-state index contributed by atoms with van der Waals surface area (Å²) >= 11 is 0. The molecule has 3 heterocycles. The van der Waals surface area contributed by atoms with Crippen LogP contribution in [0.15, 0.2) is 40.6 Å². The Kier molecular flexibility index (Phi) is 8.47. The van der Waals surface area contributed by atoms with Gasteiger partial charge in [0.05, 0.1) is 47.9 Å². The van der Waals surface area contributed by atoms with E-state index in [0.29, 0.717) is 60.6 Å². The predicted octanol–water partition coefficient (Wildman–Crippen LogP) is 4.51. The summed E-state index contributed by atoms with van der Waals surface area (Å²) < 4.78 is 25.0. The SMILES string of the molecule is CCOC(=O)C1=CC(=C2CCC(=O)C(c3ccc4c(c3)=CCN=4)C2)c2c(c(CO)c3c(c2OC2CCCCC2)CC(C(C)(C)O)O3)O1. The van der Waals surface area contributed by atoms with Crippen molar-refractivity contribution in [2.45, 2.75) is 109 Å². The van der Waals surface area contributed by atoms with Crippen molar-refractivity contribution >= 4 is 23.4 Å². The molecule has 2 aliphatic carbocycles. The summed E-state index contributed by atoms with van der Waals surface area (Å²) in [7, 11) is 0. The van der Waals surface area contributed by atoms with Crippen molar-refractivity contribution in [1.29, 1.82) is 0 Å². The van der Waals surface area contributed by atoms with E-state index in [1.807, 2.05) is 12.1 Å². The van der Waals surface area contributed by atoms with Crippen LogP contribution in [0.25, 0.3) is 11.6 Å². The molecule has 0 aromatic heterocycles. The molecule has 5 aliphatic rings. The van der Waals surface area contributed by atoms with Gasteiger partial charge in [-0.05, 0) is 93.9 Å². The molecule has 0 spiro atoms. The smallest absolute Gasteiger partial charge is 0.374 e. The van der Waals surface area contributed by atoms with Crippen molar-refractivity contribution in [3.8, 4) is 17.2 Å². The number of carbonyl (C=O) groups excluding carboxylic acids is 2. The number of allylic oxidation sites excluding steroid dienone is 3. The molecular weight excluding hydrogens is 598 g/mol. The minimum atomic E-state index is -1.16. The molecule has 248 valence electrons. The normalized spacial score (nSPS) is 23.8. The number of rotatable bonds is 7. The third-order valence-electron chi connectivity index (χ3n) is 10.1. The van der Waals surface area contributed by atoms with Crippen molar-refractivity contribution in [2.24, 2.45) is 4.99 Å². The Labute approximate surface area is 274 Å². The molecule has 2 fully saturated rings. The molecule has 3 aliphatic heterocycles. The van der Waals surface area contributed by atoms with E-state index in [9.17, 15) is 19.8 Å². The molecule has 0 saturated heterocycles. The van der Waals surface area contributed by atoms with E-state index < -0.39 is 24.3 Å². The molecular formula is C38H43NO8. The van der Waals surface area contributed by atoms with Gasteiger partial charge in [0.1, 0.15) is 29.1 Å². The Morgan fingerprint density at radius 3 is 2.66 bits per heavy atom. The summed E-state index contributed by atoms with van der Waals surface area (Å²) in [6.07, 6.45) is 10.0. The van der Waals surface area contributed by atoms with Gasteiger partial charge in [-0.15, -0.1) is 0 Å². The number of ketones is 1. The van der Waals surface area contributed by atoms with Gasteiger partial charge >= 0.3 is 5.97 Å². The number of aliphatic hydroxyl groups is 2. The molecule has 9 nitrogen and oxygen atoms in total. The summed E-state index contributed by atoms with van der Waals surface area (Å²) in [5, 5.41) is 23.8. The maximum absolute atomic E-state index is 13.5. The predicted molar refractivity (Wildman–Crippen MR) is 175 cm³/mol. The topological polar surface area (TPSA) is 124 Å². The maximum Gasteiger partial charge on any atom is 0.374 e. The number of Topliss-reactive ketones (excluding diaryl/α,β-unsaturated/α-hetero) is 1. The first kappa shape index (κ1) is 31.6. The van der Waals surface area contributed by atoms with E-state index in [2.05, 4.69) is 17.1 Å². The Hall–Kier alpha value is -3.95. The average Bonchev–Trinajstić information content (AvgIpc) is 3.73. The zero-order chi connectivity index (χ0) is 32.9. The monoisotopic (exact) mass is 641 g/mol. The van der Waals surface area contributed by atoms with Crippen molar-refractivity contribution < 1.29 is 38.7 Å².